The van der Waals surface area contributed by atoms with Crippen LogP contribution < -0.4 is 0 Å². The Kier molecular flexibility index (Phi) is 6.20. The Balaban J connectivity index is 1.65. The van der Waals surface area contributed by atoms with E-state index in [1.807, 2.05) is 19.1 Å². The van der Waals surface area contributed by atoms with Gasteiger partial charge in [-0.25, -0.2) is 13.4 Å². The van der Waals surface area contributed by atoms with E-state index in [9.17, 15) is 13.2 Å². The van der Waals surface area contributed by atoms with Crippen LogP contribution in [0.1, 0.15) is 30.3 Å². The summed E-state index contributed by atoms with van der Waals surface area (Å²) >= 11 is 7.33. The zero-order valence-corrected chi connectivity index (χ0v) is 17.6. The Hall–Kier alpha value is -1.48. The molecule has 1 fully saturated rings. The van der Waals surface area contributed by atoms with E-state index in [0.717, 1.165) is 10.6 Å². The van der Waals surface area contributed by atoms with Gasteiger partial charge in [0.15, 0.2) is 0 Å². The summed E-state index contributed by atoms with van der Waals surface area (Å²) in [4.78, 5) is 19.0. The summed E-state index contributed by atoms with van der Waals surface area (Å²) in [5, 5.41) is 3.21. The molecule has 0 aliphatic carbocycles. The largest absolute Gasteiger partial charge is 0.337 e. The standard InChI is InChI=1S/C18H22ClN3O3S2/c1-3-22(27(2,24)25)15-8-10-21(11-9-15)18(23)16-12-26-17(20-16)13-4-6-14(19)7-5-13/h4-7,12,15H,3,8-11H2,1-2H3. The highest BCUT2D eigenvalue weighted by Gasteiger charge is 2.31. The third-order valence-corrected chi connectivity index (χ3v) is 7.26. The average molecular weight is 428 g/mol. The van der Waals surface area contributed by atoms with E-state index >= 15 is 0 Å². The van der Waals surface area contributed by atoms with Crippen molar-refractivity contribution in [2.75, 3.05) is 25.9 Å². The van der Waals surface area contributed by atoms with Crippen molar-refractivity contribution in [2.45, 2.75) is 25.8 Å². The zero-order valence-electron chi connectivity index (χ0n) is 15.3. The molecule has 0 bridgehead atoms. The molecule has 1 aliphatic heterocycles. The van der Waals surface area contributed by atoms with Gasteiger partial charge in [0, 0.05) is 41.6 Å². The van der Waals surface area contributed by atoms with Gasteiger partial charge in [0.2, 0.25) is 10.0 Å². The topological polar surface area (TPSA) is 70.6 Å². The van der Waals surface area contributed by atoms with E-state index in [1.165, 1.54) is 21.9 Å². The second-order valence-electron chi connectivity index (χ2n) is 6.53. The minimum Gasteiger partial charge on any atom is -0.337 e. The number of halogens is 1. The lowest BCUT2D eigenvalue weighted by atomic mass is 10.0. The molecule has 3 rings (SSSR count). The first kappa shape index (κ1) is 20.3. The number of piperidine rings is 1. The maximum Gasteiger partial charge on any atom is 0.273 e. The molecule has 9 heteroatoms. The van der Waals surface area contributed by atoms with Crippen LogP contribution >= 0.6 is 22.9 Å². The molecular weight excluding hydrogens is 406 g/mol. The molecule has 146 valence electrons. The molecule has 2 heterocycles. The van der Waals surface area contributed by atoms with Gasteiger partial charge in [-0.05, 0) is 25.0 Å². The Bertz CT molecular complexity index is 904. The monoisotopic (exact) mass is 427 g/mol. The zero-order chi connectivity index (χ0) is 19.6. The first-order valence-corrected chi connectivity index (χ1v) is 11.9. The third kappa shape index (κ3) is 4.68. The molecule has 6 nitrogen and oxygen atoms in total. The first-order valence-electron chi connectivity index (χ1n) is 8.77. The van der Waals surface area contributed by atoms with Gasteiger partial charge in [0.05, 0.1) is 6.26 Å². The summed E-state index contributed by atoms with van der Waals surface area (Å²) in [6, 6.07) is 7.31. The fourth-order valence-electron chi connectivity index (χ4n) is 3.38. The molecule has 1 aliphatic rings. The van der Waals surface area contributed by atoms with Crippen LogP contribution in [0.4, 0.5) is 0 Å². The number of hydrogen-bond donors (Lipinski definition) is 0. The van der Waals surface area contributed by atoms with Gasteiger partial charge in [0.1, 0.15) is 10.7 Å². The lowest BCUT2D eigenvalue weighted by Crippen LogP contribution is -2.48. The van der Waals surface area contributed by atoms with Crippen LogP contribution in [0.3, 0.4) is 0 Å². The maximum absolute atomic E-state index is 12.8. The van der Waals surface area contributed by atoms with Gasteiger partial charge in [-0.1, -0.05) is 30.7 Å². The van der Waals surface area contributed by atoms with E-state index < -0.39 is 10.0 Å². The van der Waals surface area contributed by atoms with E-state index in [2.05, 4.69) is 4.98 Å². The SMILES string of the molecule is CCN(C1CCN(C(=O)c2csc(-c3ccc(Cl)cc3)n2)CC1)S(C)(=O)=O. The highest BCUT2D eigenvalue weighted by Crippen LogP contribution is 2.26. The number of hydrogen-bond acceptors (Lipinski definition) is 5. The normalized spacial score (nSPS) is 16.1. The molecule has 1 amide bonds. The molecule has 0 unspecified atom stereocenters. The van der Waals surface area contributed by atoms with Crippen LogP contribution in [0, 0.1) is 0 Å². The number of sulfonamides is 1. The number of thiazole rings is 1. The van der Waals surface area contributed by atoms with Gasteiger partial charge in [-0.2, -0.15) is 4.31 Å². The van der Waals surface area contributed by atoms with E-state index in [0.29, 0.717) is 43.2 Å². The fraction of sp³-hybridized carbons (Fsp3) is 0.444. The molecule has 0 atom stereocenters. The van der Waals surface area contributed by atoms with Crippen molar-refractivity contribution in [1.82, 2.24) is 14.2 Å². The lowest BCUT2D eigenvalue weighted by Gasteiger charge is -2.36. The maximum atomic E-state index is 12.8. The van der Waals surface area contributed by atoms with Gasteiger partial charge in [-0.15, -0.1) is 11.3 Å². The summed E-state index contributed by atoms with van der Waals surface area (Å²) in [7, 11) is -3.23. The first-order chi connectivity index (χ1) is 12.8. The second-order valence-corrected chi connectivity index (χ2v) is 9.76. The molecule has 1 aromatic heterocycles. The molecule has 1 saturated heterocycles. The number of rotatable bonds is 5. The van der Waals surface area contributed by atoms with E-state index in [1.54, 1.807) is 22.4 Å². The van der Waals surface area contributed by atoms with Gasteiger partial charge in [0.25, 0.3) is 5.91 Å². The number of nitrogens with zero attached hydrogens (tertiary/aromatic N) is 3. The predicted octanol–water partition coefficient (Wildman–Crippen LogP) is 3.35. The average Bonchev–Trinajstić information content (AvgIpc) is 3.12. The number of benzene rings is 1. The Morgan fingerprint density at radius 2 is 1.93 bits per heavy atom. The van der Waals surface area contributed by atoms with Crippen molar-refractivity contribution in [3.63, 3.8) is 0 Å². The highest BCUT2D eigenvalue weighted by molar-refractivity contribution is 7.88. The van der Waals surface area contributed by atoms with Crippen LogP contribution in [-0.4, -0.2) is 60.4 Å². The summed E-state index contributed by atoms with van der Waals surface area (Å²) in [5.41, 5.74) is 1.35. The molecule has 27 heavy (non-hydrogen) atoms. The molecule has 0 spiro atoms. The predicted molar refractivity (Wildman–Crippen MR) is 109 cm³/mol. The molecular formula is C18H22ClN3O3S2. The van der Waals surface area contributed by atoms with Crippen LogP contribution in [0.2, 0.25) is 5.02 Å². The van der Waals surface area contributed by atoms with Crippen LogP contribution in [0.25, 0.3) is 10.6 Å². The molecule has 0 N–H and O–H groups in total. The van der Waals surface area contributed by atoms with Gasteiger partial charge in [-0.3, -0.25) is 4.79 Å². The third-order valence-electron chi connectivity index (χ3n) is 4.71. The molecule has 0 saturated carbocycles. The smallest absolute Gasteiger partial charge is 0.273 e. The van der Waals surface area contributed by atoms with E-state index in [4.69, 9.17) is 11.6 Å². The van der Waals surface area contributed by atoms with Gasteiger partial charge < -0.3 is 4.90 Å². The van der Waals surface area contributed by atoms with Crippen molar-refractivity contribution in [2.24, 2.45) is 0 Å². The fourth-order valence-corrected chi connectivity index (χ4v) is 5.53. The number of carbonyl (C=O) groups excluding carboxylic acids is 1. The molecule has 1 aromatic carbocycles. The van der Waals surface area contributed by atoms with Crippen molar-refractivity contribution in [1.29, 1.82) is 0 Å². The van der Waals surface area contributed by atoms with Crippen LogP contribution in [0.5, 0.6) is 0 Å². The van der Waals surface area contributed by atoms with Crippen LogP contribution in [-0.2, 0) is 10.0 Å². The summed E-state index contributed by atoms with van der Waals surface area (Å²) in [6.45, 7) is 3.35. The highest BCUT2D eigenvalue weighted by atomic mass is 35.5. The molecule has 0 radical (unpaired) electrons. The van der Waals surface area contributed by atoms with Crippen molar-refractivity contribution < 1.29 is 13.2 Å². The van der Waals surface area contributed by atoms with Crippen LogP contribution in [0.15, 0.2) is 29.6 Å². The Morgan fingerprint density at radius 1 is 1.30 bits per heavy atom. The Morgan fingerprint density at radius 3 is 2.48 bits per heavy atom. The lowest BCUT2D eigenvalue weighted by molar-refractivity contribution is 0.0675. The number of aromatic nitrogens is 1. The quantitative estimate of drug-likeness (QED) is 0.733. The summed E-state index contributed by atoms with van der Waals surface area (Å²) in [5.74, 6) is -0.104. The second kappa shape index (κ2) is 8.26. The Labute approximate surface area is 168 Å². The van der Waals surface area contributed by atoms with Crippen molar-refractivity contribution in [3.05, 3.63) is 40.4 Å². The minimum absolute atomic E-state index is 0.0471. The summed E-state index contributed by atoms with van der Waals surface area (Å²) in [6.07, 6.45) is 2.52. The van der Waals surface area contributed by atoms with Crippen molar-refractivity contribution in [3.8, 4) is 10.6 Å². The van der Waals surface area contributed by atoms with E-state index in [-0.39, 0.29) is 11.9 Å². The summed E-state index contributed by atoms with van der Waals surface area (Å²) < 4.78 is 25.3. The number of likely N-dealkylation sites (tertiary alicyclic amines) is 1. The van der Waals surface area contributed by atoms with Crippen molar-refractivity contribution >= 4 is 38.9 Å². The number of amides is 1. The minimum atomic E-state index is -3.23. The number of carbonyl (C=O) groups is 1. The molecule has 2 aromatic rings. The van der Waals surface area contributed by atoms with Gasteiger partial charge >= 0.3 is 0 Å².